The number of rotatable bonds is 3. The lowest BCUT2D eigenvalue weighted by molar-refractivity contribution is -0.136. The summed E-state index contributed by atoms with van der Waals surface area (Å²) in [6, 6.07) is 5.21. The van der Waals surface area contributed by atoms with Crippen molar-refractivity contribution in [1.82, 2.24) is 14.5 Å². The van der Waals surface area contributed by atoms with E-state index in [0.717, 1.165) is 31.5 Å². The fourth-order valence-corrected chi connectivity index (χ4v) is 5.19. The molecule has 0 unspecified atom stereocenters. The molecule has 0 bridgehead atoms. The van der Waals surface area contributed by atoms with Crippen LogP contribution in [0.15, 0.2) is 29.2 Å². The van der Waals surface area contributed by atoms with Crippen LogP contribution in [0.1, 0.15) is 26.2 Å². The van der Waals surface area contributed by atoms with Gasteiger partial charge in [0.1, 0.15) is 5.82 Å². The molecule has 3 rings (SSSR count). The number of nitrogens with one attached hydrogen (secondary N) is 1. The largest absolute Gasteiger partial charge is 0.341 e. The molecule has 2 aliphatic heterocycles. The number of hydrogen-bond donors (Lipinski definition) is 1. The van der Waals surface area contributed by atoms with E-state index in [1.165, 1.54) is 16.4 Å². The molecule has 0 saturated carbocycles. The SMILES string of the molecule is C[C@H]1C[C@@H](C(=O)N2CCCN(S(=O)(=O)c3ccc(F)cc3)CC2)CCN1.Cl. The van der Waals surface area contributed by atoms with Gasteiger partial charge in [-0.1, -0.05) is 0 Å². The van der Waals surface area contributed by atoms with E-state index in [4.69, 9.17) is 0 Å². The molecule has 1 N–H and O–H groups in total. The van der Waals surface area contributed by atoms with Gasteiger partial charge in [-0.05, 0) is 57.0 Å². The van der Waals surface area contributed by atoms with Gasteiger partial charge in [0.25, 0.3) is 0 Å². The highest BCUT2D eigenvalue weighted by atomic mass is 35.5. The van der Waals surface area contributed by atoms with Gasteiger partial charge in [0.2, 0.25) is 15.9 Å². The standard InChI is InChI=1S/C18H26FN3O3S.ClH/c1-14-13-15(7-8-20-14)18(23)21-9-2-10-22(12-11-21)26(24,25)17-5-3-16(19)4-6-17;/h3-6,14-15,20H,2,7-13H2,1H3;1H/t14-,15-;/m0./s1. The van der Waals surface area contributed by atoms with Crippen molar-refractivity contribution in [2.75, 3.05) is 32.7 Å². The van der Waals surface area contributed by atoms with Crippen molar-refractivity contribution in [3.8, 4) is 0 Å². The summed E-state index contributed by atoms with van der Waals surface area (Å²) in [5.74, 6) is -0.307. The number of benzene rings is 1. The molecule has 6 nitrogen and oxygen atoms in total. The second kappa shape index (κ2) is 9.32. The highest BCUT2D eigenvalue weighted by Crippen LogP contribution is 2.22. The Morgan fingerprint density at radius 1 is 1.15 bits per heavy atom. The van der Waals surface area contributed by atoms with Gasteiger partial charge >= 0.3 is 0 Å². The predicted molar refractivity (Wildman–Crippen MR) is 104 cm³/mol. The van der Waals surface area contributed by atoms with Crippen LogP contribution in [0.4, 0.5) is 4.39 Å². The lowest BCUT2D eigenvalue weighted by atomic mass is 9.92. The highest BCUT2D eigenvalue weighted by molar-refractivity contribution is 7.89. The minimum absolute atomic E-state index is 0. The summed E-state index contributed by atoms with van der Waals surface area (Å²) in [7, 11) is -3.67. The second-order valence-corrected chi connectivity index (χ2v) is 9.05. The Labute approximate surface area is 166 Å². The van der Waals surface area contributed by atoms with Crippen LogP contribution < -0.4 is 5.32 Å². The Morgan fingerprint density at radius 2 is 1.85 bits per heavy atom. The summed E-state index contributed by atoms with van der Waals surface area (Å²) in [4.78, 5) is 14.7. The van der Waals surface area contributed by atoms with Crippen molar-refractivity contribution < 1.29 is 17.6 Å². The minimum Gasteiger partial charge on any atom is -0.341 e. The zero-order valence-corrected chi connectivity index (χ0v) is 17.1. The zero-order valence-electron chi connectivity index (χ0n) is 15.4. The Morgan fingerprint density at radius 3 is 2.52 bits per heavy atom. The molecule has 2 heterocycles. The molecule has 0 aromatic heterocycles. The van der Waals surface area contributed by atoms with Crippen molar-refractivity contribution >= 4 is 28.3 Å². The summed E-state index contributed by atoms with van der Waals surface area (Å²) in [5.41, 5.74) is 0. The molecule has 27 heavy (non-hydrogen) atoms. The van der Waals surface area contributed by atoms with E-state index in [2.05, 4.69) is 12.2 Å². The summed E-state index contributed by atoms with van der Waals surface area (Å²) in [6.07, 6.45) is 2.26. The molecule has 0 spiro atoms. The first kappa shape index (κ1) is 22.1. The maximum atomic E-state index is 13.1. The van der Waals surface area contributed by atoms with Gasteiger partial charge in [0, 0.05) is 38.1 Å². The molecule has 2 aliphatic rings. The summed E-state index contributed by atoms with van der Waals surface area (Å²) in [5, 5.41) is 3.35. The topological polar surface area (TPSA) is 69.7 Å². The van der Waals surface area contributed by atoms with Gasteiger partial charge in [-0.25, -0.2) is 12.8 Å². The number of piperidine rings is 1. The quantitative estimate of drug-likeness (QED) is 0.811. The van der Waals surface area contributed by atoms with E-state index < -0.39 is 15.8 Å². The number of hydrogen-bond acceptors (Lipinski definition) is 4. The van der Waals surface area contributed by atoms with Crippen molar-refractivity contribution in [3.63, 3.8) is 0 Å². The molecule has 1 amide bonds. The summed E-state index contributed by atoms with van der Waals surface area (Å²) >= 11 is 0. The molecule has 1 aromatic rings. The number of nitrogens with zero attached hydrogens (tertiary/aromatic N) is 2. The molecule has 0 radical (unpaired) electrons. The Hall–Kier alpha value is -1.22. The van der Waals surface area contributed by atoms with E-state index in [1.54, 1.807) is 0 Å². The third-order valence-electron chi connectivity index (χ3n) is 5.19. The van der Waals surface area contributed by atoms with Crippen LogP contribution in [0, 0.1) is 11.7 Å². The van der Waals surface area contributed by atoms with Crippen LogP contribution in [0.2, 0.25) is 0 Å². The Kier molecular flexibility index (Phi) is 7.62. The van der Waals surface area contributed by atoms with E-state index in [-0.39, 0.29) is 35.7 Å². The van der Waals surface area contributed by atoms with Crippen LogP contribution in [-0.2, 0) is 14.8 Å². The number of amides is 1. The van der Waals surface area contributed by atoms with Crippen LogP contribution in [0.25, 0.3) is 0 Å². The first-order valence-corrected chi connectivity index (χ1v) is 10.6. The molecule has 9 heteroatoms. The lowest BCUT2D eigenvalue weighted by Gasteiger charge is -2.31. The predicted octanol–water partition coefficient (Wildman–Crippen LogP) is 1.86. The van der Waals surface area contributed by atoms with Crippen molar-refractivity contribution in [2.24, 2.45) is 5.92 Å². The first-order valence-electron chi connectivity index (χ1n) is 9.16. The van der Waals surface area contributed by atoms with Crippen LogP contribution in [0.3, 0.4) is 0 Å². The third kappa shape index (κ3) is 5.19. The second-order valence-electron chi connectivity index (χ2n) is 7.11. The van der Waals surface area contributed by atoms with Crippen LogP contribution in [0.5, 0.6) is 0 Å². The van der Waals surface area contributed by atoms with E-state index in [1.807, 2.05) is 4.90 Å². The zero-order chi connectivity index (χ0) is 18.7. The van der Waals surface area contributed by atoms with Gasteiger partial charge in [-0.2, -0.15) is 4.31 Å². The normalized spacial score (nSPS) is 24.7. The number of halogens is 2. The fraction of sp³-hybridized carbons (Fsp3) is 0.611. The molecule has 2 fully saturated rings. The van der Waals surface area contributed by atoms with Gasteiger partial charge in [0.05, 0.1) is 4.90 Å². The molecule has 1 aromatic carbocycles. The molecule has 0 aliphatic carbocycles. The smallest absolute Gasteiger partial charge is 0.243 e. The van der Waals surface area contributed by atoms with Crippen molar-refractivity contribution in [3.05, 3.63) is 30.1 Å². The van der Waals surface area contributed by atoms with E-state index in [9.17, 15) is 17.6 Å². The average molecular weight is 420 g/mol. The number of sulfonamides is 1. The third-order valence-corrected chi connectivity index (χ3v) is 7.10. The average Bonchev–Trinajstić information content (AvgIpc) is 2.88. The minimum atomic E-state index is -3.67. The van der Waals surface area contributed by atoms with Crippen molar-refractivity contribution in [1.29, 1.82) is 0 Å². The highest BCUT2D eigenvalue weighted by Gasteiger charge is 2.32. The van der Waals surface area contributed by atoms with Gasteiger partial charge in [0.15, 0.2) is 0 Å². The Balaban J connectivity index is 0.00000261. The summed E-state index contributed by atoms with van der Waals surface area (Å²) in [6.45, 7) is 4.54. The first-order chi connectivity index (χ1) is 12.4. The van der Waals surface area contributed by atoms with Gasteiger partial charge < -0.3 is 10.2 Å². The molecular formula is C18H27ClFN3O3S. The lowest BCUT2D eigenvalue weighted by Crippen LogP contribution is -2.45. The van der Waals surface area contributed by atoms with Crippen molar-refractivity contribution in [2.45, 2.75) is 37.1 Å². The number of carbonyl (C=O) groups excluding carboxylic acids is 1. The summed E-state index contributed by atoms with van der Waals surface area (Å²) < 4.78 is 40.0. The fourth-order valence-electron chi connectivity index (χ4n) is 3.72. The van der Waals surface area contributed by atoms with Gasteiger partial charge in [-0.15, -0.1) is 12.4 Å². The van der Waals surface area contributed by atoms with E-state index in [0.29, 0.717) is 32.1 Å². The molecular weight excluding hydrogens is 393 g/mol. The van der Waals surface area contributed by atoms with Crippen LogP contribution >= 0.6 is 12.4 Å². The van der Waals surface area contributed by atoms with E-state index >= 15 is 0 Å². The number of carbonyl (C=O) groups is 1. The molecule has 2 saturated heterocycles. The van der Waals surface area contributed by atoms with Crippen LogP contribution in [-0.4, -0.2) is 62.3 Å². The Bertz CT molecular complexity index is 745. The monoisotopic (exact) mass is 419 g/mol. The molecule has 152 valence electrons. The molecule has 2 atom stereocenters. The maximum absolute atomic E-state index is 13.1. The van der Waals surface area contributed by atoms with Gasteiger partial charge in [-0.3, -0.25) is 4.79 Å². The maximum Gasteiger partial charge on any atom is 0.243 e.